The molecular weight excluding hydrogens is 541 g/mol. The third-order valence-corrected chi connectivity index (χ3v) is 10.4. The van der Waals surface area contributed by atoms with Gasteiger partial charge in [0.05, 0.1) is 16.3 Å². The Morgan fingerprint density at radius 1 is 0.872 bits per heavy atom. The quantitative estimate of drug-likeness (QED) is 0.397. The number of amides is 1. The second-order valence-corrected chi connectivity index (χ2v) is 13.4. The van der Waals surface area contributed by atoms with Crippen molar-refractivity contribution < 1.29 is 26.0 Å². The maximum Gasteiger partial charge on any atom is 0.243 e. The van der Waals surface area contributed by atoms with Gasteiger partial charge in [0.25, 0.3) is 0 Å². The monoisotopic (exact) mass is 573 g/mol. The summed E-state index contributed by atoms with van der Waals surface area (Å²) in [7, 11) is -7.67. The van der Waals surface area contributed by atoms with E-state index in [1.807, 2.05) is 6.92 Å². The van der Waals surface area contributed by atoms with E-state index in [1.165, 1.54) is 46.8 Å². The number of sulfonamides is 2. The molecule has 0 atom stereocenters. The highest BCUT2D eigenvalue weighted by molar-refractivity contribution is 7.89. The van der Waals surface area contributed by atoms with Crippen molar-refractivity contribution in [3.05, 3.63) is 95.3 Å². The maximum atomic E-state index is 14.4. The van der Waals surface area contributed by atoms with E-state index in [2.05, 4.69) is 5.32 Å². The molecule has 1 aliphatic rings. The summed E-state index contributed by atoms with van der Waals surface area (Å²) < 4.78 is 69.3. The number of aryl methyl sites for hydroxylation is 1. The lowest BCUT2D eigenvalue weighted by atomic mass is 10.2. The molecule has 0 unspecified atom stereocenters. The zero-order valence-corrected chi connectivity index (χ0v) is 23.3. The molecule has 3 aromatic rings. The van der Waals surface area contributed by atoms with Crippen molar-refractivity contribution in [3.63, 3.8) is 0 Å². The number of nitrogens with one attached hydrogen (secondary N) is 1. The van der Waals surface area contributed by atoms with Crippen LogP contribution in [0.2, 0.25) is 0 Å². The molecule has 0 aliphatic carbocycles. The lowest BCUT2D eigenvalue weighted by molar-refractivity contribution is -0.121. The summed E-state index contributed by atoms with van der Waals surface area (Å²) in [4.78, 5) is 13.0. The van der Waals surface area contributed by atoms with E-state index in [-0.39, 0.29) is 28.4 Å². The smallest absolute Gasteiger partial charge is 0.243 e. The van der Waals surface area contributed by atoms with Gasteiger partial charge in [-0.3, -0.25) is 4.79 Å². The van der Waals surface area contributed by atoms with Gasteiger partial charge in [-0.1, -0.05) is 54.4 Å². The summed E-state index contributed by atoms with van der Waals surface area (Å²) >= 11 is 0. The molecule has 1 saturated heterocycles. The van der Waals surface area contributed by atoms with Crippen molar-refractivity contribution in [2.75, 3.05) is 19.6 Å². The Hall–Kier alpha value is -3.12. The second kappa shape index (κ2) is 12.4. The summed E-state index contributed by atoms with van der Waals surface area (Å²) in [6.45, 7) is 2.08. The van der Waals surface area contributed by atoms with Crippen molar-refractivity contribution in [2.45, 2.75) is 49.1 Å². The van der Waals surface area contributed by atoms with Crippen LogP contribution < -0.4 is 5.32 Å². The van der Waals surface area contributed by atoms with Gasteiger partial charge in [0.2, 0.25) is 26.0 Å². The summed E-state index contributed by atoms with van der Waals surface area (Å²) in [5.41, 5.74) is 1.68. The standard InChI is InChI=1S/C28H32FN3O5S2/c1-22-9-13-25(14-10-22)39(36,37)32(20-24-7-3-4-8-27(24)29)21-28(33)30-19-23-11-15-26(16-12-23)38(34,35)31-17-5-2-6-18-31/h3-4,7-16H,2,5-6,17-21H2,1H3,(H,30,33). The van der Waals surface area contributed by atoms with Gasteiger partial charge in [-0.2, -0.15) is 8.61 Å². The Morgan fingerprint density at radius 3 is 2.13 bits per heavy atom. The minimum absolute atomic E-state index is 0.00254. The summed E-state index contributed by atoms with van der Waals surface area (Å²) in [5.74, 6) is -1.14. The summed E-state index contributed by atoms with van der Waals surface area (Å²) in [6.07, 6.45) is 2.71. The van der Waals surface area contributed by atoms with Gasteiger partial charge >= 0.3 is 0 Å². The third kappa shape index (κ3) is 7.10. The summed E-state index contributed by atoms with van der Waals surface area (Å²) in [6, 6.07) is 18.3. The first-order valence-corrected chi connectivity index (χ1v) is 15.6. The topological polar surface area (TPSA) is 104 Å². The van der Waals surface area contributed by atoms with Gasteiger partial charge in [-0.15, -0.1) is 0 Å². The number of hydrogen-bond donors (Lipinski definition) is 1. The van der Waals surface area contributed by atoms with Crippen LogP contribution in [-0.4, -0.2) is 51.0 Å². The molecule has 11 heteroatoms. The molecule has 0 radical (unpaired) electrons. The van der Waals surface area contributed by atoms with Crippen LogP contribution in [0.4, 0.5) is 4.39 Å². The van der Waals surface area contributed by atoms with Crippen LogP contribution in [0.1, 0.15) is 36.0 Å². The Balaban J connectivity index is 1.45. The molecule has 1 amide bonds. The van der Waals surface area contributed by atoms with E-state index < -0.39 is 38.3 Å². The average Bonchev–Trinajstić information content (AvgIpc) is 2.93. The van der Waals surface area contributed by atoms with E-state index in [0.717, 1.165) is 29.1 Å². The number of halogens is 1. The molecule has 1 aliphatic heterocycles. The molecule has 39 heavy (non-hydrogen) atoms. The molecule has 1 fully saturated rings. The number of carbonyl (C=O) groups excluding carboxylic acids is 1. The van der Waals surface area contributed by atoms with E-state index >= 15 is 0 Å². The Morgan fingerprint density at radius 2 is 1.49 bits per heavy atom. The number of carbonyl (C=O) groups is 1. The maximum absolute atomic E-state index is 14.4. The first-order valence-electron chi connectivity index (χ1n) is 12.7. The van der Waals surface area contributed by atoms with Crippen LogP contribution in [0.3, 0.4) is 0 Å². The first kappa shape index (κ1) is 28.9. The van der Waals surface area contributed by atoms with E-state index in [0.29, 0.717) is 18.7 Å². The largest absolute Gasteiger partial charge is 0.351 e. The summed E-state index contributed by atoms with van der Waals surface area (Å²) in [5, 5.41) is 2.69. The molecule has 1 N–H and O–H groups in total. The Bertz CT molecular complexity index is 1500. The van der Waals surface area contributed by atoms with Crippen molar-refractivity contribution in [2.24, 2.45) is 0 Å². The van der Waals surface area contributed by atoms with Crippen LogP contribution in [-0.2, 0) is 37.9 Å². The van der Waals surface area contributed by atoms with Gasteiger partial charge in [0, 0.05) is 31.7 Å². The molecule has 0 bridgehead atoms. The molecule has 0 spiro atoms. The van der Waals surface area contributed by atoms with Crippen LogP contribution in [0.25, 0.3) is 0 Å². The number of piperidine rings is 1. The molecule has 208 valence electrons. The van der Waals surface area contributed by atoms with E-state index in [4.69, 9.17) is 0 Å². The molecule has 8 nitrogen and oxygen atoms in total. The van der Waals surface area contributed by atoms with Crippen LogP contribution >= 0.6 is 0 Å². The highest BCUT2D eigenvalue weighted by Gasteiger charge is 2.28. The fourth-order valence-electron chi connectivity index (χ4n) is 4.35. The number of nitrogens with zero attached hydrogens (tertiary/aromatic N) is 2. The van der Waals surface area contributed by atoms with E-state index in [1.54, 1.807) is 30.3 Å². The van der Waals surface area contributed by atoms with E-state index in [9.17, 15) is 26.0 Å². The van der Waals surface area contributed by atoms with Crippen LogP contribution in [0, 0.1) is 12.7 Å². The lowest BCUT2D eigenvalue weighted by Crippen LogP contribution is -2.40. The van der Waals surface area contributed by atoms with Gasteiger partial charge in [-0.25, -0.2) is 21.2 Å². The fraction of sp³-hybridized carbons (Fsp3) is 0.321. The predicted octanol–water partition coefficient (Wildman–Crippen LogP) is 3.82. The average molecular weight is 574 g/mol. The second-order valence-electron chi connectivity index (χ2n) is 9.56. The predicted molar refractivity (Wildman–Crippen MR) is 146 cm³/mol. The van der Waals surface area contributed by atoms with Crippen LogP contribution in [0.5, 0.6) is 0 Å². The van der Waals surface area contributed by atoms with Gasteiger partial charge in [0.1, 0.15) is 5.82 Å². The Labute approximate surface area is 229 Å². The number of hydrogen-bond acceptors (Lipinski definition) is 5. The Kier molecular flexibility index (Phi) is 9.16. The van der Waals surface area contributed by atoms with Crippen molar-refractivity contribution in [1.29, 1.82) is 0 Å². The minimum atomic E-state index is -4.11. The van der Waals surface area contributed by atoms with Crippen molar-refractivity contribution >= 4 is 26.0 Å². The molecule has 0 aromatic heterocycles. The van der Waals surface area contributed by atoms with Crippen molar-refractivity contribution in [1.82, 2.24) is 13.9 Å². The zero-order chi connectivity index (χ0) is 28.0. The van der Waals surface area contributed by atoms with Gasteiger partial charge in [0.15, 0.2) is 0 Å². The zero-order valence-electron chi connectivity index (χ0n) is 21.7. The third-order valence-electron chi connectivity index (χ3n) is 6.65. The first-order chi connectivity index (χ1) is 18.6. The molecule has 1 heterocycles. The highest BCUT2D eigenvalue weighted by Crippen LogP contribution is 2.22. The number of benzene rings is 3. The van der Waals surface area contributed by atoms with Gasteiger partial charge in [-0.05, 0) is 55.7 Å². The SMILES string of the molecule is Cc1ccc(S(=O)(=O)N(CC(=O)NCc2ccc(S(=O)(=O)N3CCCCC3)cc2)Cc2ccccc2F)cc1. The van der Waals surface area contributed by atoms with Gasteiger partial charge < -0.3 is 5.32 Å². The van der Waals surface area contributed by atoms with Crippen molar-refractivity contribution in [3.8, 4) is 0 Å². The molecular formula is C28H32FN3O5S2. The molecule has 3 aromatic carbocycles. The number of rotatable bonds is 10. The molecule has 0 saturated carbocycles. The fourth-order valence-corrected chi connectivity index (χ4v) is 7.24. The lowest BCUT2D eigenvalue weighted by Gasteiger charge is -2.25. The minimum Gasteiger partial charge on any atom is -0.351 e. The normalized spacial score (nSPS) is 14.8. The highest BCUT2D eigenvalue weighted by atomic mass is 32.2. The molecule has 4 rings (SSSR count). The van der Waals surface area contributed by atoms with Crippen LogP contribution in [0.15, 0.2) is 82.6 Å².